The minimum absolute atomic E-state index is 0.143. The first-order valence-corrected chi connectivity index (χ1v) is 7.83. The average Bonchev–Trinajstić information content (AvgIpc) is 2.57. The van der Waals surface area contributed by atoms with Crippen LogP contribution in [0.15, 0.2) is 18.2 Å². The van der Waals surface area contributed by atoms with Crippen molar-refractivity contribution in [1.82, 2.24) is 5.32 Å². The molecule has 6 nitrogen and oxygen atoms in total. The van der Waals surface area contributed by atoms with Gasteiger partial charge in [0.1, 0.15) is 6.54 Å². The number of nitro benzene ring substituents is 1. The number of carbonyl (C=O) groups is 1. The van der Waals surface area contributed by atoms with E-state index in [1.807, 2.05) is 0 Å². The van der Waals surface area contributed by atoms with Crippen LogP contribution in [0.25, 0.3) is 0 Å². The van der Waals surface area contributed by atoms with E-state index in [0.717, 1.165) is 12.1 Å². The summed E-state index contributed by atoms with van der Waals surface area (Å²) in [5, 5.41) is 12.5. The van der Waals surface area contributed by atoms with Crippen molar-refractivity contribution in [2.24, 2.45) is 5.92 Å². The lowest BCUT2D eigenvalue weighted by atomic mass is 9.95. The fourth-order valence-electron chi connectivity index (χ4n) is 2.88. The minimum Gasteiger partial charge on any atom is -0.370 e. The standard InChI is InChI=1S/C15H15F6N3O3/c16-14(17,18)8-22-13(25)9-2-1-5-23(7-9)12-4-3-10(24(26)27)6-11(12)15(19,20)21/h3-4,6,9H,1-2,5,7-8H2,(H,22,25). The molecule has 1 atom stereocenters. The van der Waals surface area contributed by atoms with Gasteiger partial charge in [-0.25, -0.2) is 0 Å². The van der Waals surface area contributed by atoms with E-state index in [1.165, 1.54) is 4.90 Å². The van der Waals surface area contributed by atoms with Crippen LogP contribution in [0.3, 0.4) is 0 Å². The highest BCUT2D eigenvalue weighted by molar-refractivity contribution is 5.79. The first-order valence-electron chi connectivity index (χ1n) is 7.83. The number of benzene rings is 1. The third kappa shape index (κ3) is 5.47. The lowest BCUT2D eigenvalue weighted by Crippen LogP contribution is -2.45. The number of amides is 1. The number of anilines is 1. The van der Waals surface area contributed by atoms with Crippen LogP contribution >= 0.6 is 0 Å². The highest BCUT2D eigenvalue weighted by Crippen LogP contribution is 2.40. The Morgan fingerprint density at radius 2 is 1.93 bits per heavy atom. The lowest BCUT2D eigenvalue weighted by Gasteiger charge is -2.35. The molecule has 1 fully saturated rings. The van der Waals surface area contributed by atoms with Crippen molar-refractivity contribution >= 4 is 17.3 Å². The van der Waals surface area contributed by atoms with Gasteiger partial charge in [0.2, 0.25) is 5.91 Å². The fourth-order valence-corrected chi connectivity index (χ4v) is 2.88. The van der Waals surface area contributed by atoms with Crippen LogP contribution in [-0.2, 0) is 11.0 Å². The minimum atomic E-state index is -4.87. The summed E-state index contributed by atoms with van der Waals surface area (Å²) >= 11 is 0. The van der Waals surface area contributed by atoms with E-state index in [-0.39, 0.29) is 25.2 Å². The molecular formula is C15H15F6N3O3. The van der Waals surface area contributed by atoms with Gasteiger partial charge in [-0.05, 0) is 18.9 Å². The maximum absolute atomic E-state index is 13.3. The number of hydrogen-bond acceptors (Lipinski definition) is 4. The normalized spacial score (nSPS) is 18.3. The molecule has 150 valence electrons. The first kappa shape index (κ1) is 20.8. The third-order valence-electron chi connectivity index (χ3n) is 4.09. The quantitative estimate of drug-likeness (QED) is 0.478. The van der Waals surface area contributed by atoms with Crippen LogP contribution in [0.2, 0.25) is 0 Å². The topological polar surface area (TPSA) is 75.5 Å². The molecule has 12 heteroatoms. The number of non-ortho nitro benzene ring substituents is 1. The van der Waals surface area contributed by atoms with Gasteiger partial charge in [-0.1, -0.05) is 0 Å². The van der Waals surface area contributed by atoms with Gasteiger partial charge in [-0.2, -0.15) is 26.3 Å². The third-order valence-corrected chi connectivity index (χ3v) is 4.09. The van der Waals surface area contributed by atoms with E-state index in [1.54, 1.807) is 5.32 Å². The van der Waals surface area contributed by atoms with Crippen molar-refractivity contribution in [3.05, 3.63) is 33.9 Å². The Morgan fingerprint density at radius 1 is 1.26 bits per heavy atom. The molecule has 0 saturated carbocycles. The summed E-state index contributed by atoms with van der Waals surface area (Å²) in [6.07, 6.45) is -8.94. The average molecular weight is 399 g/mol. The molecule has 1 aromatic carbocycles. The summed E-state index contributed by atoms with van der Waals surface area (Å²) in [6.45, 7) is -1.60. The van der Waals surface area contributed by atoms with E-state index >= 15 is 0 Å². The first-order chi connectivity index (χ1) is 12.4. The zero-order valence-electron chi connectivity index (χ0n) is 13.7. The summed E-state index contributed by atoms with van der Waals surface area (Å²) in [6, 6.07) is 2.26. The van der Waals surface area contributed by atoms with Gasteiger partial charge in [0.05, 0.1) is 16.4 Å². The molecule has 1 N–H and O–H groups in total. The summed E-state index contributed by atoms with van der Waals surface area (Å²) in [7, 11) is 0. The molecule has 0 aliphatic carbocycles. The van der Waals surface area contributed by atoms with Crippen LogP contribution in [0.1, 0.15) is 18.4 Å². The van der Waals surface area contributed by atoms with Gasteiger partial charge in [-0.3, -0.25) is 14.9 Å². The Balaban J connectivity index is 2.22. The van der Waals surface area contributed by atoms with Crippen LogP contribution in [0, 0.1) is 16.0 Å². The van der Waals surface area contributed by atoms with Crippen molar-refractivity contribution in [2.75, 3.05) is 24.5 Å². The van der Waals surface area contributed by atoms with Crippen molar-refractivity contribution < 1.29 is 36.1 Å². The smallest absolute Gasteiger partial charge is 0.370 e. The van der Waals surface area contributed by atoms with Crippen molar-refractivity contribution in [1.29, 1.82) is 0 Å². The summed E-state index contributed by atoms with van der Waals surface area (Å²) in [5.74, 6) is -1.81. The molecule has 0 bridgehead atoms. The predicted molar refractivity (Wildman–Crippen MR) is 82.1 cm³/mol. The van der Waals surface area contributed by atoms with Gasteiger partial charge in [0.25, 0.3) is 5.69 Å². The molecule has 0 spiro atoms. The Kier molecular flexibility index (Phi) is 5.85. The molecule has 1 heterocycles. The Morgan fingerprint density at radius 3 is 2.48 bits per heavy atom. The van der Waals surface area contributed by atoms with Gasteiger partial charge in [0.15, 0.2) is 0 Å². The number of halogens is 6. The Bertz CT molecular complexity index is 720. The van der Waals surface area contributed by atoms with Crippen LogP contribution in [0.4, 0.5) is 37.7 Å². The second-order valence-corrected chi connectivity index (χ2v) is 6.07. The van der Waals surface area contributed by atoms with E-state index in [2.05, 4.69) is 0 Å². The molecule has 1 saturated heterocycles. The van der Waals surface area contributed by atoms with E-state index in [9.17, 15) is 41.3 Å². The molecule has 1 unspecified atom stereocenters. The number of piperidine rings is 1. The maximum atomic E-state index is 13.3. The molecule has 27 heavy (non-hydrogen) atoms. The van der Waals surface area contributed by atoms with Crippen molar-refractivity contribution in [2.45, 2.75) is 25.2 Å². The number of nitrogens with one attached hydrogen (secondary N) is 1. The largest absolute Gasteiger partial charge is 0.418 e. The fraction of sp³-hybridized carbons (Fsp3) is 0.533. The van der Waals surface area contributed by atoms with Gasteiger partial charge < -0.3 is 10.2 Å². The number of carbonyl (C=O) groups excluding carboxylic acids is 1. The molecule has 1 aromatic rings. The summed E-state index contributed by atoms with van der Waals surface area (Å²) in [5.41, 5.74) is -2.31. The second-order valence-electron chi connectivity index (χ2n) is 6.07. The molecule has 1 aliphatic rings. The van der Waals surface area contributed by atoms with Crippen LogP contribution < -0.4 is 10.2 Å². The van der Waals surface area contributed by atoms with Crippen LogP contribution in [0.5, 0.6) is 0 Å². The molecule has 1 aliphatic heterocycles. The van der Waals surface area contributed by atoms with Gasteiger partial charge >= 0.3 is 12.4 Å². The highest BCUT2D eigenvalue weighted by atomic mass is 19.4. The number of rotatable bonds is 4. The molecule has 2 rings (SSSR count). The van der Waals surface area contributed by atoms with Gasteiger partial charge in [0, 0.05) is 30.9 Å². The number of nitrogens with zero attached hydrogens (tertiary/aromatic N) is 2. The predicted octanol–water partition coefficient (Wildman–Crippen LogP) is 3.51. The van der Waals surface area contributed by atoms with E-state index in [4.69, 9.17) is 0 Å². The van der Waals surface area contributed by atoms with Gasteiger partial charge in [-0.15, -0.1) is 0 Å². The lowest BCUT2D eigenvalue weighted by molar-refractivity contribution is -0.385. The van der Waals surface area contributed by atoms with Crippen molar-refractivity contribution in [3.63, 3.8) is 0 Å². The van der Waals surface area contributed by atoms with E-state index in [0.29, 0.717) is 12.5 Å². The number of nitro groups is 1. The maximum Gasteiger partial charge on any atom is 0.418 e. The van der Waals surface area contributed by atoms with Crippen LogP contribution in [-0.4, -0.2) is 36.6 Å². The number of alkyl halides is 6. The molecule has 1 amide bonds. The highest BCUT2D eigenvalue weighted by Gasteiger charge is 2.38. The second kappa shape index (κ2) is 7.61. The van der Waals surface area contributed by atoms with E-state index < -0.39 is 46.9 Å². The summed E-state index contributed by atoms with van der Waals surface area (Å²) in [4.78, 5) is 22.9. The molecular weight excluding hydrogens is 384 g/mol. The molecule has 0 aromatic heterocycles. The van der Waals surface area contributed by atoms with Crippen molar-refractivity contribution in [3.8, 4) is 0 Å². The zero-order chi connectivity index (χ0) is 20.4. The summed E-state index contributed by atoms with van der Waals surface area (Å²) < 4.78 is 76.5. The SMILES string of the molecule is O=C(NCC(F)(F)F)C1CCCN(c2ccc([N+](=O)[O-])cc2C(F)(F)F)C1. The number of hydrogen-bond donors (Lipinski definition) is 1. The molecule has 0 radical (unpaired) electrons. The Hall–Kier alpha value is -2.53. The monoisotopic (exact) mass is 399 g/mol. The zero-order valence-corrected chi connectivity index (χ0v) is 13.7. The Labute approximate surface area is 149 Å².